The van der Waals surface area contributed by atoms with E-state index in [4.69, 9.17) is 4.74 Å². The number of methoxy groups -OCH3 is 1. The lowest BCUT2D eigenvalue weighted by Crippen LogP contribution is -2.57. The average Bonchev–Trinajstić information content (AvgIpc) is 2.84. The van der Waals surface area contributed by atoms with Crippen molar-refractivity contribution >= 4 is 17.5 Å². The molecule has 0 heterocycles. The highest BCUT2D eigenvalue weighted by molar-refractivity contribution is 5.96. The maximum atomic E-state index is 13.5. The molecule has 3 aliphatic rings. The lowest BCUT2D eigenvalue weighted by molar-refractivity contribution is -0.154. The van der Waals surface area contributed by atoms with Crippen LogP contribution in [0.15, 0.2) is 23.8 Å². The molecule has 202 valence electrons. The minimum atomic E-state index is -0.586. The van der Waals surface area contributed by atoms with Gasteiger partial charge < -0.3 is 4.74 Å². The van der Waals surface area contributed by atoms with Gasteiger partial charge in [-0.15, -0.1) is 0 Å². The summed E-state index contributed by atoms with van der Waals surface area (Å²) in [7, 11) is 1.49. The summed E-state index contributed by atoms with van der Waals surface area (Å²) in [5.41, 5.74) is 0.000561. The third-order valence-corrected chi connectivity index (χ3v) is 11.7. The van der Waals surface area contributed by atoms with E-state index in [1.165, 1.54) is 12.7 Å². The molecule has 36 heavy (non-hydrogen) atoms. The molecule has 3 aliphatic carbocycles. The molecule has 4 nitrogen and oxygen atoms in total. The van der Waals surface area contributed by atoms with E-state index in [-0.39, 0.29) is 56.9 Å². The number of hydrogen-bond acceptors (Lipinski definition) is 4. The summed E-state index contributed by atoms with van der Waals surface area (Å²) in [4.78, 5) is 39.1. The number of carbonyl (C=O) groups excluding carboxylic acids is 3. The summed E-state index contributed by atoms with van der Waals surface area (Å²) in [6.45, 7) is 19.7. The molecule has 3 rings (SSSR count). The Balaban J connectivity index is 1.99. The van der Waals surface area contributed by atoms with E-state index in [2.05, 4.69) is 61.5 Å². The van der Waals surface area contributed by atoms with E-state index in [1.54, 1.807) is 6.08 Å². The van der Waals surface area contributed by atoms with Gasteiger partial charge in [0.1, 0.15) is 0 Å². The summed E-state index contributed by atoms with van der Waals surface area (Å²) in [6, 6.07) is 0. The summed E-state index contributed by atoms with van der Waals surface area (Å²) in [6.07, 6.45) is 12.0. The number of hydrogen-bond donors (Lipinski definition) is 0. The second-order valence-corrected chi connectivity index (χ2v) is 14.0. The number of esters is 1. The van der Waals surface area contributed by atoms with Crippen LogP contribution in [0.3, 0.4) is 0 Å². The highest BCUT2D eigenvalue weighted by Crippen LogP contribution is 2.68. The van der Waals surface area contributed by atoms with Crippen LogP contribution in [0.1, 0.15) is 107 Å². The van der Waals surface area contributed by atoms with Gasteiger partial charge in [0.25, 0.3) is 0 Å². The number of ether oxygens (including phenoxy) is 1. The molecule has 1 saturated carbocycles. The van der Waals surface area contributed by atoms with E-state index >= 15 is 0 Å². The maximum absolute atomic E-state index is 13.5. The fraction of sp³-hybridized carbons (Fsp3) is 0.781. The number of rotatable bonds is 8. The van der Waals surface area contributed by atoms with Gasteiger partial charge in [-0.1, -0.05) is 73.5 Å². The van der Waals surface area contributed by atoms with Crippen LogP contribution >= 0.6 is 0 Å². The lowest BCUT2D eigenvalue weighted by atomic mass is 9.40. The zero-order valence-corrected chi connectivity index (χ0v) is 24.5. The first-order valence-corrected chi connectivity index (χ1v) is 14.1. The van der Waals surface area contributed by atoms with Crippen molar-refractivity contribution in [1.29, 1.82) is 0 Å². The third kappa shape index (κ3) is 4.45. The second-order valence-electron chi connectivity index (χ2n) is 14.0. The van der Waals surface area contributed by atoms with Crippen LogP contribution in [0.5, 0.6) is 0 Å². The number of allylic oxidation sites excluding steroid dienone is 4. The largest absolute Gasteiger partial charge is 0.469 e. The molecule has 0 N–H and O–H groups in total. The van der Waals surface area contributed by atoms with Crippen molar-refractivity contribution < 1.29 is 19.1 Å². The van der Waals surface area contributed by atoms with Crippen LogP contribution < -0.4 is 0 Å². The Labute approximate surface area is 219 Å². The highest BCUT2D eigenvalue weighted by Gasteiger charge is 2.62. The second kappa shape index (κ2) is 9.55. The van der Waals surface area contributed by atoms with Crippen LogP contribution in [-0.4, -0.2) is 24.6 Å². The van der Waals surface area contributed by atoms with Crippen molar-refractivity contribution in [3.63, 3.8) is 0 Å². The van der Waals surface area contributed by atoms with Crippen LogP contribution in [0.25, 0.3) is 0 Å². The van der Waals surface area contributed by atoms with Gasteiger partial charge in [-0.05, 0) is 79.8 Å². The minimum Gasteiger partial charge on any atom is -0.469 e. The Morgan fingerprint density at radius 2 is 1.69 bits per heavy atom. The first-order chi connectivity index (χ1) is 16.5. The standard InChI is InChI=1S/C32H50O4/c1-11-28(4,5)16-17-29(6,27(35)36-10)18-19-31(8)22(3)25(34)20-26-30(7)14-13-24(33)21(2)23(30)12-15-32(26,31)9/h13-14,20-23H,11-12,15-19H2,1-10H3/t21-,22?,23-,29-,30-,31+,32+/m0/s1. The van der Waals surface area contributed by atoms with Gasteiger partial charge in [0, 0.05) is 17.3 Å². The maximum Gasteiger partial charge on any atom is 0.311 e. The molecule has 4 heteroatoms. The fourth-order valence-corrected chi connectivity index (χ4v) is 7.62. The van der Waals surface area contributed by atoms with Crippen LogP contribution in [-0.2, 0) is 19.1 Å². The molecule has 0 aromatic heterocycles. The lowest BCUT2D eigenvalue weighted by Gasteiger charge is -2.63. The molecule has 0 bridgehead atoms. The van der Waals surface area contributed by atoms with Crippen LogP contribution in [0, 0.1) is 44.8 Å². The molecule has 0 spiro atoms. The molecular weight excluding hydrogens is 448 g/mol. The molecule has 0 aromatic carbocycles. The Bertz CT molecular complexity index is 973. The highest BCUT2D eigenvalue weighted by atomic mass is 16.5. The number of carbonyl (C=O) groups is 3. The summed E-state index contributed by atoms with van der Waals surface area (Å²) >= 11 is 0. The van der Waals surface area contributed by atoms with E-state index in [9.17, 15) is 14.4 Å². The van der Waals surface area contributed by atoms with Gasteiger partial charge in [-0.25, -0.2) is 0 Å². The van der Waals surface area contributed by atoms with E-state index in [0.29, 0.717) is 6.42 Å². The van der Waals surface area contributed by atoms with Gasteiger partial charge in [0.05, 0.1) is 12.5 Å². The van der Waals surface area contributed by atoms with Crippen molar-refractivity contribution in [2.24, 2.45) is 44.8 Å². The number of ketones is 2. The van der Waals surface area contributed by atoms with Gasteiger partial charge >= 0.3 is 5.97 Å². The predicted molar refractivity (Wildman–Crippen MR) is 145 cm³/mol. The first kappa shape index (κ1) is 28.9. The fourth-order valence-electron chi connectivity index (χ4n) is 7.62. The molecule has 7 atom stereocenters. The Morgan fingerprint density at radius 3 is 2.28 bits per heavy atom. The van der Waals surface area contributed by atoms with Gasteiger partial charge in [-0.2, -0.15) is 0 Å². The Kier molecular flexibility index (Phi) is 7.65. The molecule has 0 saturated heterocycles. The molecule has 0 amide bonds. The van der Waals surface area contributed by atoms with E-state index in [0.717, 1.165) is 38.5 Å². The molecular formula is C32H50O4. The van der Waals surface area contributed by atoms with E-state index in [1.807, 2.05) is 13.0 Å². The third-order valence-electron chi connectivity index (χ3n) is 11.7. The topological polar surface area (TPSA) is 60.4 Å². The number of fused-ring (bicyclic) bond motifs is 3. The van der Waals surface area contributed by atoms with Crippen molar-refractivity contribution in [1.82, 2.24) is 0 Å². The predicted octanol–water partition coefficient (Wildman–Crippen LogP) is 7.51. The van der Waals surface area contributed by atoms with Crippen molar-refractivity contribution in [3.8, 4) is 0 Å². The molecule has 0 aromatic rings. The first-order valence-electron chi connectivity index (χ1n) is 14.1. The minimum absolute atomic E-state index is 0.0318. The summed E-state index contributed by atoms with van der Waals surface area (Å²) in [5.74, 6) is 0.284. The zero-order valence-electron chi connectivity index (χ0n) is 24.5. The zero-order chi connectivity index (χ0) is 27.3. The molecule has 1 fully saturated rings. The normalized spacial score (nSPS) is 38.1. The van der Waals surface area contributed by atoms with Crippen molar-refractivity contribution in [3.05, 3.63) is 23.8 Å². The Hall–Kier alpha value is -1.71. The summed E-state index contributed by atoms with van der Waals surface area (Å²) < 4.78 is 5.32. The van der Waals surface area contributed by atoms with Crippen molar-refractivity contribution in [2.75, 3.05) is 7.11 Å². The van der Waals surface area contributed by atoms with Gasteiger partial charge in [0.2, 0.25) is 0 Å². The molecule has 0 radical (unpaired) electrons. The molecule has 1 unspecified atom stereocenters. The van der Waals surface area contributed by atoms with Crippen molar-refractivity contribution in [2.45, 2.75) is 107 Å². The SMILES string of the molecule is CCC(C)(C)CC[C@@](C)(CC[C@]1(C)C(C)C(=O)C=C2[C@@]3(C)C=CC(=O)[C@@H](C)[C@@H]3CC[C@]21C)C(=O)OC. The van der Waals surface area contributed by atoms with Crippen LogP contribution in [0.2, 0.25) is 0 Å². The van der Waals surface area contributed by atoms with E-state index < -0.39 is 5.41 Å². The average molecular weight is 499 g/mol. The van der Waals surface area contributed by atoms with Crippen LogP contribution in [0.4, 0.5) is 0 Å². The summed E-state index contributed by atoms with van der Waals surface area (Å²) in [5, 5.41) is 0. The van der Waals surface area contributed by atoms with Gasteiger partial charge in [-0.3, -0.25) is 14.4 Å². The monoisotopic (exact) mass is 498 g/mol. The molecule has 0 aliphatic heterocycles. The van der Waals surface area contributed by atoms with Gasteiger partial charge in [0.15, 0.2) is 11.6 Å². The Morgan fingerprint density at radius 1 is 1.06 bits per heavy atom. The quantitative estimate of drug-likeness (QED) is 0.325. The smallest absolute Gasteiger partial charge is 0.311 e.